The first-order chi connectivity index (χ1) is 16.3. The molecule has 0 fully saturated rings. The maximum Gasteiger partial charge on any atom is 0.163 e. The van der Waals surface area contributed by atoms with Gasteiger partial charge in [-0.25, -0.2) is 4.68 Å². The number of halogens is 1. The van der Waals surface area contributed by atoms with Crippen LogP contribution in [0.1, 0.15) is 64.2 Å². The van der Waals surface area contributed by atoms with Crippen molar-refractivity contribution >= 4 is 33.4 Å². The minimum Gasteiger partial charge on any atom is -0.383 e. The number of H-pyrrole nitrogens is 1. The minimum atomic E-state index is 0. The Morgan fingerprint density at radius 2 is 1.49 bits per heavy atom. The smallest absolute Gasteiger partial charge is 0.163 e. The fourth-order valence-corrected chi connectivity index (χ4v) is 2.12. The third kappa shape index (κ3) is 12.1. The Labute approximate surface area is 215 Å². The van der Waals surface area contributed by atoms with Gasteiger partial charge in [0.15, 0.2) is 5.82 Å². The number of nitrogens with one attached hydrogen (secondary N) is 1. The molecule has 7 N–H and O–H groups in total. The van der Waals surface area contributed by atoms with Crippen LogP contribution in [0.3, 0.4) is 0 Å². The summed E-state index contributed by atoms with van der Waals surface area (Å²) in [5, 5.41) is 40.2. The maximum absolute atomic E-state index is 8.52. The molecule has 0 radical (unpaired) electrons. The molecule has 3 heterocycles. The Morgan fingerprint density at radius 1 is 0.914 bits per heavy atom. The third-order valence-electron chi connectivity index (χ3n) is 3.78. The molecule has 0 amide bonds. The second-order valence-electron chi connectivity index (χ2n) is 6.58. The molecule has 35 heavy (non-hydrogen) atoms. The van der Waals surface area contributed by atoms with Gasteiger partial charge in [0.05, 0.1) is 12.4 Å². The number of hydrogen-bond acceptors (Lipinski definition) is 9. The number of alkyl halides is 1. The van der Waals surface area contributed by atoms with E-state index in [1.807, 2.05) is 32.1 Å². The van der Waals surface area contributed by atoms with Gasteiger partial charge in [0, 0.05) is 24.6 Å². The van der Waals surface area contributed by atoms with E-state index < -0.39 is 0 Å². The summed E-state index contributed by atoms with van der Waals surface area (Å²) in [6.45, 7) is 7.80. The average Bonchev–Trinajstić information content (AvgIpc) is 3.53. The molecule has 0 spiro atoms. The quantitative estimate of drug-likeness (QED) is 0.341. The van der Waals surface area contributed by atoms with E-state index in [9.17, 15) is 0 Å². The summed E-state index contributed by atoms with van der Waals surface area (Å²) in [5.74, 6) is 1.11. The van der Waals surface area contributed by atoms with Gasteiger partial charge in [0.25, 0.3) is 0 Å². The van der Waals surface area contributed by atoms with Gasteiger partial charge >= 0.3 is 0 Å². The number of nitriles is 3. The number of anilines is 3. The topological polar surface area (TPSA) is 214 Å². The zero-order valence-corrected chi connectivity index (χ0v) is 21.2. The van der Waals surface area contributed by atoms with Gasteiger partial charge in [-0.2, -0.15) is 31.1 Å². The predicted octanol–water partition coefficient (Wildman–Crippen LogP) is 3.78. The Morgan fingerprint density at radius 3 is 1.83 bits per heavy atom. The molecule has 190 valence electrons. The lowest BCUT2D eigenvalue weighted by Crippen LogP contribution is -2.04. The van der Waals surface area contributed by atoms with E-state index in [1.54, 1.807) is 15.6 Å². The zero-order chi connectivity index (χ0) is 25.9. The van der Waals surface area contributed by atoms with Crippen LogP contribution in [0.25, 0.3) is 0 Å². The molecule has 13 heteroatoms. The average molecular weight is 548 g/mol. The van der Waals surface area contributed by atoms with Crippen molar-refractivity contribution in [3.05, 3.63) is 35.3 Å². The molecule has 0 aliphatic carbocycles. The molecule has 0 aliphatic heterocycles. The summed E-state index contributed by atoms with van der Waals surface area (Å²) in [4.78, 5) is 0. The molecule has 12 nitrogen and oxygen atoms in total. The first kappa shape index (κ1) is 33.2. The molecular weight excluding hydrogens is 512 g/mol. The lowest BCUT2D eigenvalue weighted by Gasteiger charge is -1.99. The highest BCUT2D eigenvalue weighted by molar-refractivity contribution is 9.09. The predicted molar refractivity (Wildman–Crippen MR) is 142 cm³/mol. The van der Waals surface area contributed by atoms with Crippen molar-refractivity contribution in [1.82, 2.24) is 29.8 Å². The second-order valence-corrected chi connectivity index (χ2v) is 7.37. The van der Waals surface area contributed by atoms with Crippen molar-refractivity contribution < 1.29 is 0 Å². The molecular formula is C22H35BrN12. The summed E-state index contributed by atoms with van der Waals surface area (Å²) in [7, 11) is 0. The van der Waals surface area contributed by atoms with Crippen molar-refractivity contribution in [2.45, 2.75) is 60.5 Å². The maximum atomic E-state index is 8.52. The SMILES string of the molecule is C.CCCBr.CCCn1cc(C#N)c(N)n1.CCCn1ncc(C#N)c1N.N#Cc1cn[nH]c1N. The van der Waals surface area contributed by atoms with Crippen LogP contribution in [0, 0.1) is 34.0 Å². The van der Waals surface area contributed by atoms with E-state index in [4.69, 9.17) is 33.0 Å². The first-order valence-corrected chi connectivity index (χ1v) is 11.6. The van der Waals surface area contributed by atoms with Crippen molar-refractivity contribution in [3.63, 3.8) is 0 Å². The highest BCUT2D eigenvalue weighted by atomic mass is 79.9. The molecule has 0 saturated heterocycles. The fourth-order valence-electron chi connectivity index (χ4n) is 2.12. The largest absolute Gasteiger partial charge is 0.383 e. The number of rotatable bonds is 5. The van der Waals surface area contributed by atoms with Crippen LogP contribution in [0.5, 0.6) is 0 Å². The molecule has 3 rings (SSSR count). The molecule has 0 unspecified atom stereocenters. The van der Waals surface area contributed by atoms with E-state index in [0.29, 0.717) is 34.1 Å². The minimum absolute atomic E-state index is 0. The van der Waals surface area contributed by atoms with Crippen LogP contribution >= 0.6 is 15.9 Å². The normalized spacial score (nSPS) is 8.71. The van der Waals surface area contributed by atoms with E-state index in [1.165, 1.54) is 18.8 Å². The summed E-state index contributed by atoms with van der Waals surface area (Å²) in [6.07, 6.45) is 7.74. The highest BCUT2D eigenvalue weighted by Crippen LogP contribution is 2.09. The number of nitrogens with zero attached hydrogens (tertiary/aromatic N) is 8. The fraction of sp³-hybridized carbons (Fsp3) is 0.455. The van der Waals surface area contributed by atoms with Crippen molar-refractivity contribution in [3.8, 4) is 18.2 Å². The molecule has 0 bridgehead atoms. The Kier molecular flexibility index (Phi) is 18.4. The van der Waals surface area contributed by atoms with Crippen molar-refractivity contribution in [2.24, 2.45) is 0 Å². The van der Waals surface area contributed by atoms with Crippen LogP contribution < -0.4 is 17.2 Å². The van der Waals surface area contributed by atoms with E-state index in [0.717, 1.165) is 31.3 Å². The van der Waals surface area contributed by atoms with E-state index in [2.05, 4.69) is 43.2 Å². The molecule has 3 aromatic rings. The highest BCUT2D eigenvalue weighted by Gasteiger charge is 2.04. The summed E-state index contributed by atoms with van der Waals surface area (Å²) < 4.78 is 3.33. The summed E-state index contributed by atoms with van der Waals surface area (Å²) in [6, 6.07) is 5.79. The molecule has 0 saturated carbocycles. The van der Waals surface area contributed by atoms with E-state index >= 15 is 0 Å². The molecule has 0 aromatic carbocycles. The van der Waals surface area contributed by atoms with Crippen molar-refractivity contribution in [1.29, 1.82) is 15.8 Å². The number of aryl methyl sites for hydroxylation is 2. The lowest BCUT2D eigenvalue weighted by atomic mass is 10.4. The number of hydrogen-bond donors (Lipinski definition) is 4. The summed E-state index contributed by atoms with van der Waals surface area (Å²) >= 11 is 3.25. The van der Waals surface area contributed by atoms with Crippen LogP contribution in [0.15, 0.2) is 18.6 Å². The first-order valence-electron chi connectivity index (χ1n) is 10.5. The third-order valence-corrected chi connectivity index (χ3v) is 4.57. The van der Waals surface area contributed by atoms with Gasteiger partial charge in [-0.05, 0) is 19.3 Å². The molecule has 0 atom stereocenters. The second kappa shape index (κ2) is 19.4. The number of nitrogens with two attached hydrogens (primary N) is 3. The number of aromatic amines is 1. The molecule has 3 aromatic heterocycles. The van der Waals surface area contributed by atoms with Gasteiger partial charge in [0.2, 0.25) is 0 Å². The Hall–Kier alpha value is -4.02. The van der Waals surface area contributed by atoms with Crippen LogP contribution in [-0.2, 0) is 13.1 Å². The van der Waals surface area contributed by atoms with Gasteiger partial charge in [0.1, 0.15) is 46.5 Å². The van der Waals surface area contributed by atoms with Gasteiger partial charge in [-0.15, -0.1) is 0 Å². The van der Waals surface area contributed by atoms with Gasteiger partial charge in [-0.1, -0.05) is 44.1 Å². The lowest BCUT2D eigenvalue weighted by molar-refractivity contribution is 0.605. The van der Waals surface area contributed by atoms with Crippen LogP contribution in [-0.4, -0.2) is 35.1 Å². The Bertz CT molecular complexity index is 1080. The van der Waals surface area contributed by atoms with Gasteiger partial charge < -0.3 is 17.2 Å². The van der Waals surface area contributed by atoms with Gasteiger partial charge in [-0.3, -0.25) is 9.78 Å². The van der Waals surface area contributed by atoms with Crippen molar-refractivity contribution in [2.75, 3.05) is 22.5 Å². The van der Waals surface area contributed by atoms with Crippen LogP contribution in [0.2, 0.25) is 0 Å². The molecule has 0 aliphatic rings. The van der Waals surface area contributed by atoms with Crippen LogP contribution in [0.4, 0.5) is 17.5 Å². The zero-order valence-electron chi connectivity index (χ0n) is 19.7. The Balaban J connectivity index is 0. The summed E-state index contributed by atoms with van der Waals surface area (Å²) in [5.41, 5.74) is 17.5. The number of nitrogen functional groups attached to an aromatic ring is 3. The standard InChI is InChI=1S/2C7H10N4.C4H4N4.C3H7Br.CH4/c1-2-3-11-5-6(4-8)7(9)10-11;1-2-3-11-7(9)6(4-8)5-10-11;5-1-3-2-7-8-4(3)6;1-2-3-4;/h5H,2-3H2,1H3,(H2,9,10);5H,2-3,9H2,1H3;2H,(H3,6,7,8);2-3H2,1H3;1H4. The number of aromatic nitrogens is 6. The monoisotopic (exact) mass is 546 g/mol. The van der Waals surface area contributed by atoms with E-state index in [-0.39, 0.29) is 7.43 Å².